The average molecular weight is 253 g/mol. The van der Waals surface area contributed by atoms with E-state index >= 15 is 0 Å². The molecular formula is C12H13ClN2S. The van der Waals surface area contributed by atoms with E-state index in [4.69, 9.17) is 11.6 Å². The largest absolute Gasteiger partial charge is 0.302 e. The van der Waals surface area contributed by atoms with Gasteiger partial charge in [-0.2, -0.15) is 11.8 Å². The van der Waals surface area contributed by atoms with Gasteiger partial charge in [0.2, 0.25) is 0 Å². The van der Waals surface area contributed by atoms with Gasteiger partial charge < -0.3 is 4.40 Å². The third-order valence-electron chi connectivity index (χ3n) is 3.07. The van der Waals surface area contributed by atoms with Crippen LogP contribution in [0.1, 0.15) is 24.6 Å². The average Bonchev–Trinajstić information content (AvgIpc) is 2.75. The molecule has 0 saturated carbocycles. The van der Waals surface area contributed by atoms with E-state index in [0.29, 0.717) is 5.92 Å². The second kappa shape index (κ2) is 4.30. The molecule has 1 unspecified atom stereocenters. The van der Waals surface area contributed by atoms with Gasteiger partial charge in [0.25, 0.3) is 0 Å². The maximum atomic E-state index is 6.14. The fourth-order valence-electron chi connectivity index (χ4n) is 2.25. The summed E-state index contributed by atoms with van der Waals surface area (Å²) in [7, 11) is 0. The number of pyridine rings is 1. The minimum Gasteiger partial charge on any atom is -0.302 e. The molecule has 1 saturated heterocycles. The number of halogens is 1. The van der Waals surface area contributed by atoms with Crippen molar-refractivity contribution >= 4 is 28.9 Å². The highest BCUT2D eigenvalue weighted by Gasteiger charge is 2.20. The molecule has 0 N–H and O–H groups in total. The second-order valence-corrected chi connectivity index (χ2v) is 5.70. The summed E-state index contributed by atoms with van der Waals surface area (Å²) < 4.78 is 2.14. The Labute approximate surface area is 104 Å². The Morgan fingerprint density at radius 2 is 2.44 bits per heavy atom. The van der Waals surface area contributed by atoms with Crippen LogP contribution in [0.4, 0.5) is 0 Å². The number of imidazole rings is 1. The smallest absolute Gasteiger partial charge is 0.117 e. The Bertz CT molecular complexity index is 503. The number of hydrogen-bond donors (Lipinski definition) is 0. The van der Waals surface area contributed by atoms with Gasteiger partial charge in [-0.3, -0.25) is 0 Å². The molecule has 16 heavy (non-hydrogen) atoms. The van der Waals surface area contributed by atoms with Crippen molar-refractivity contribution in [2.75, 3.05) is 11.5 Å². The summed E-state index contributed by atoms with van der Waals surface area (Å²) in [5.74, 6) is 4.23. The van der Waals surface area contributed by atoms with Crippen LogP contribution in [0, 0.1) is 0 Å². The van der Waals surface area contributed by atoms with Gasteiger partial charge >= 0.3 is 0 Å². The van der Waals surface area contributed by atoms with Gasteiger partial charge in [0.05, 0.1) is 16.7 Å². The summed E-state index contributed by atoms with van der Waals surface area (Å²) in [4.78, 5) is 4.54. The highest BCUT2D eigenvalue weighted by atomic mass is 35.5. The molecule has 2 aromatic heterocycles. The van der Waals surface area contributed by atoms with Crippen molar-refractivity contribution in [2.45, 2.75) is 18.8 Å². The fourth-order valence-corrected chi connectivity index (χ4v) is 3.60. The SMILES string of the molecule is Clc1cccn2c(C3CCCSC3)ncc12. The maximum absolute atomic E-state index is 6.14. The van der Waals surface area contributed by atoms with Crippen LogP contribution in [-0.2, 0) is 0 Å². The van der Waals surface area contributed by atoms with Crippen LogP contribution in [0.3, 0.4) is 0 Å². The summed E-state index contributed by atoms with van der Waals surface area (Å²) in [5.41, 5.74) is 1.02. The zero-order valence-electron chi connectivity index (χ0n) is 8.90. The maximum Gasteiger partial charge on any atom is 0.117 e. The van der Waals surface area contributed by atoms with Gasteiger partial charge in [0.15, 0.2) is 0 Å². The molecule has 4 heteroatoms. The molecule has 1 atom stereocenters. The molecule has 84 valence electrons. The molecule has 2 aromatic rings. The van der Waals surface area contributed by atoms with Gasteiger partial charge in [0.1, 0.15) is 5.82 Å². The van der Waals surface area contributed by atoms with Gasteiger partial charge in [-0.05, 0) is 30.7 Å². The van der Waals surface area contributed by atoms with Crippen molar-refractivity contribution in [3.63, 3.8) is 0 Å². The minimum absolute atomic E-state index is 0.583. The molecule has 0 bridgehead atoms. The predicted molar refractivity (Wildman–Crippen MR) is 69.5 cm³/mol. The molecule has 0 amide bonds. The summed E-state index contributed by atoms with van der Waals surface area (Å²) in [6, 6.07) is 3.90. The lowest BCUT2D eigenvalue weighted by Crippen LogP contribution is -2.11. The third-order valence-corrected chi connectivity index (χ3v) is 4.61. The topological polar surface area (TPSA) is 17.3 Å². The summed E-state index contributed by atoms with van der Waals surface area (Å²) in [6.07, 6.45) is 6.49. The molecule has 3 heterocycles. The third kappa shape index (κ3) is 1.72. The number of thioether (sulfide) groups is 1. The van der Waals surface area contributed by atoms with E-state index in [1.165, 1.54) is 30.2 Å². The van der Waals surface area contributed by atoms with E-state index in [1.807, 2.05) is 30.1 Å². The highest BCUT2D eigenvalue weighted by molar-refractivity contribution is 7.99. The predicted octanol–water partition coefficient (Wildman–Crippen LogP) is 3.60. The first-order valence-electron chi connectivity index (χ1n) is 5.55. The Kier molecular flexibility index (Phi) is 2.82. The molecule has 1 aliphatic rings. The zero-order chi connectivity index (χ0) is 11.0. The van der Waals surface area contributed by atoms with Crippen molar-refractivity contribution in [1.82, 2.24) is 9.38 Å². The molecule has 1 aliphatic heterocycles. The molecule has 3 rings (SSSR count). The van der Waals surface area contributed by atoms with Crippen LogP contribution in [0.2, 0.25) is 5.02 Å². The summed E-state index contributed by atoms with van der Waals surface area (Å²) in [5, 5.41) is 0.782. The van der Waals surface area contributed by atoms with Crippen LogP contribution < -0.4 is 0 Å². The van der Waals surface area contributed by atoms with Crippen LogP contribution in [0.15, 0.2) is 24.5 Å². The Morgan fingerprint density at radius 3 is 3.25 bits per heavy atom. The first-order chi connectivity index (χ1) is 7.86. The number of nitrogens with zero attached hydrogens (tertiary/aromatic N) is 2. The van der Waals surface area contributed by atoms with E-state index in [1.54, 1.807) is 0 Å². The van der Waals surface area contributed by atoms with Crippen molar-refractivity contribution in [3.05, 3.63) is 35.4 Å². The number of aromatic nitrogens is 2. The van der Waals surface area contributed by atoms with Crippen LogP contribution in [-0.4, -0.2) is 20.9 Å². The normalized spacial score (nSPS) is 21.4. The van der Waals surface area contributed by atoms with Gasteiger partial charge in [-0.15, -0.1) is 0 Å². The molecule has 0 aromatic carbocycles. The minimum atomic E-state index is 0.583. The van der Waals surface area contributed by atoms with E-state index < -0.39 is 0 Å². The monoisotopic (exact) mass is 252 g/mol. The number of fused-ring (bicyclic) bond motifs is 1. The van der Waals surface area contributed by atoms with E-state index in [0.717, 1.165) is 10.5 Å². The Morgan fingerprint density at radius 1 is 1.50 bits per heavy atom. The lowest BCUT2D eigenvalue weighted by Gasteiger charge is -2.20. The van der Waals surface area contributed by atoms with Crippen molar-refractivity contribution in [1.29, 1.82) is 0 Å². The number of rotatable bonds is 1. The van der Waals surface area contributed by atoms with E-state index in [2.05, 4.69) is 15.6 Å². The van der Waals surface area contributed by atoms with Crippen molar-refractivity contribution in [2.24, 2.45) is 0 Å². The molecule has 2 nitrogen and oxygen atoms in total. The quantitative estimate of drug-likeness (QED) is 0.772. The van der Waals surface area contributed by atoms with E-state index in [9.17, 15) is 0 Å². The first kappa shape index (κ1) is 10.5. The van der Waals surface area contributed by atoms with Crippen molar-refractivity contribution in [3.8, 4) is 0 Å². The lowest BCUT2D eigenvalue weighted by molar-refractivity contribution is 0.621. The Hall–Kier alpha value is -0.670. The number of hydrogen-bond acceptors (Lipinski definition) is 2. The highest BCUT2D eigenvalue weighted by Crippen LogP contribution is 2.31. The lowest BCUT2D eigenvalue weighted by atomic mass is 10.1. The van der Waals surface area contributed by atoms with Crippen LogP contribution >= 0.6 is 23.4 Å². The Balaban J connectivity index is 2.06. The fraction of sp³-hybridized carbons (Fsp3) is 0.417. The second-order valence-electron chi connectivity index (χ2n) is 4.14. The molecule has 0 aliphatic carbocycles. The van der Waals surface area contributed by atoms with Crippen LogP contribution in [0.5, 0.6) is 0 Å². The van der Waals surface area contributed by atoms with E-state index in [-0.39, 0.29) is 0 Å². The zero-order valence-corrected chi connectivity index (χ0v) is 10.5. The molecular weight excluding hydrogens is 240 g/mol. The van der Waals surface area contributed by atoms with Crippen LogP contribution in [0.25, 0.3) is 5.52 Å². The standard InChI is InChI=1S/C12H13ClN2S/c13-10-4-1-5-15-11(10)7-14-12(15)9-3-2-6-16-8-9/h1,4-5,7,9H,2-3,6,8H2. The summed E-state index contributed by atoms with van der Waals surface area (Å²) >= 11 is 8.17. The molecule has 1 fully saturated rings. The van der Waals surface area contributed by atoms with Gasteiger partial charge in [0, 0.05) is 17.9 Å². The molecule has 0 spiro atoms. The van der Waals surface area contributed by atoms with Gasteiger partial charge in [-0.25, -0.2) is 4.98 Å². The molecule has 0 radical (unpaired) electrons. The van der Waals surface area contributed by atoms with Gasteiger partial charge in [-0.1, -0.05) is 11.6 Å². The summed E-state index contributed by atoms with van der Waals surface area (Å²) in [6.45, 7) is 0. The first-order valence-corrected chi connectivity index (χ1v) is 7.09. The van der Waals surface area contributed by atoms with Crippen molar-refractivity contribution < 1.29 is 0 Å².